The molecule has 0 radical (unpaired) electrons. The summed E-state index contributed by atoms with van der Waals surface area (Å²) in [5.41, 5.74) is -0.338. The van der Waals surface area contributed by atoms with E-state index in [4.69, 9.17) is 0 Å². The van der Waals surface area contributed by atoms with Gasteiger partial charge < -0.3 is 5.11 Å². The zero-order valence-corrected chi connectivity index (χ0v) is 8.34. The lowest BCUT2D eigenvalue weighted by atomic mass is 9.72. The highest BCUT2D eigenvalue weighted by molar-refractivity contribution is 5.03. The largest absolute Gasteiger partial charge is 0.389 e. The van der Waals surface area contributed by atoms with Crippen LogP contribution >= 0.6 is 0 Å². The molecule has 2 rings (SSSR count). The fourth-order valence-corrected chi connectivity index (χ4v) is 2.79. The summed E-state index contributed by atoms with van der Waals surface area (Å²) in [5.74, 6) is 0.460. The Balaban J connectivity index is 2.03. The first kappa shape index (κ1) is 9.26. The van der Waals surface area contributed by atoms with Crippen LogP contribution in [0.25, 0.3) is 0 Å². The van der Waals surface area contributed by atoms with Gasteiger partial charge in [-0.15, -0.1) is 0 Å². The van der Waals surface area contributed by atoms with Gasteiger partial charge in [0, 0.05) is 5.92 Å². The highest BCUT2D eigenvalue weighted by atomic mass is 16.3. The smallest absolute Gasteiger partial charge is 0.0710 e. The maximum Gasteiger partial charge on any atom is 0.0710 e. The van der Waals surface area contributed by atoms with Crippen LogP contribution in [0.5, 0.6) is 0 Å². The Morgan fingerprint density at radius 2 is 1.85 bits per heavy atom. The fourth-order valence-electron chi connectivity index (χ4n) is 2.79. The molecule has 0 amide bonds. The van der Waals surface area contributed by atoms with Gasteiger partial charge in [0.2, 0.25) is 0 Å². The van der Waals surface area contributed by atoms with E-state index in [1.165, 1.54) is 38.5 Å². The van der Waals surface area contributed by atoms with Gasteiger partial charge >= 0.3 is 0 Å². The van der Waals surface area contributed by atoms with Gasteiger partial charge in [0.25, 0.3) is 0 Å². The second kappa shape index (κ2) is 3.83. The van der Waals surface area contributed by atoms with Gasteiger partial charge in [-0.3, -0.25) is 0 Å². The summed E-state index contributed by atoms with van der Waals surface area (Å²) in [7, 11) is 0. The number of rotatable bonds is 1. The van der Waals surface area contributed by atoms with Crippen LogP contribution in [0.2, 0.25) is 0 Å². The highest BCUT2D eigenvalue weighted by Gasteiger charge is 2.36. The first-order valence-electron chi connectivity index (χ1n) is 5.70. The summed E-state index contributed by atoms with van der Waals surface area (Å²) >= 11 is 0. The molecule has 0 spiro atoms. The van der Waals surface area contributed by atoms with Crippen LogP contribution in [0.1, 0.15) is 51.4 Å². The Labute approximate surface area is 80.8 Å². The van der Waals surface area contributed by atoms with E-state index < -0.39 is 0 Å². The van der Waals surface area contributed by atoms with Gasteiger partial charge in [0.15, 0.2) is 0 Å². The Hall–Kier alpha value is -0.300. The van der Waals surface area contributed by atoms with Crippen molar-refractivity contribution >= 4 is 0 Å². The van der Waals surface area contributed by atoms with Crippen LogP contribution in [-0.2, 0) is 0 Å². The molecule has 0 aromatic heterocycles. The molecule has 2 aliphatic rings. The molecular weight excluding hydrogens is 160 g/mol. The fraction of sp³-hybridized carbons (Fsp3) is 0.833. The molecule has 1 saturated carbocycles. The molecule has 1 fully saturated rings. The maximum absolute atomic E-state index is 10.4. The second-order valence-electron chi connectivity index (χ2n) is 4.63. The molecule has 0 heterocycles. The van der Waals surface area contributed by atoms with Crippen molar-refractivity contribution in [1.29, 1.82) is 0 Å². The Bertz CT molecular complexity index is 189. The molecule has 0 bridgehead atoms. The zero-order chi connectivity index (χ0) is 9.15. The normalized spacial score (nSPS) is 33.2. The molecule has 0 aromatic rings. The van der Waals surface area contributed by atoms with Crippen molar-refractivity contribution in [3.05, 3.63) is 12.2 Å². The molecule has 2 aliphatic carbocycles. The molecule has 74 valence electrons. The SMILES string of the molecule is OC1([C@@H]2C=CCCC2)CCCCC1. The van der Waals surface area contributed by atoms with Gasteiger partial charge in [-0.1, -0.05) is 31.4 Å². The molecule has 1 atom stereocenters. The summed E-state index contributed by atoms with van der Waals surface area (Å²) in [6.45, 7) is 0. The lowest BCUT2D eigenvalue weighted by Crippen LogP contribution is -2.39. The Morgan fingerprint density at radius 1 is 1.08 bits per heavy atom. The van der Waals surface area contributed by atoms with Crippen LogP contribution in [-0.4, -0.2) is 10.7 Å². The van der Waals surface area contributed by atoms with Crippen molar-refractivity contribution in [2.45, 2.75) is 57.0 Å². The van der Waals surface area contributed by atoms with E-state index >= 15 is 0 Å². The maximum atomic E-state index is 10.4. The summed E-state index contributed by atoms with van der Waals surface area (Å²) in [5, 5.41) is 10.4. The Morgan fingerprint density at radius 3 is 2.46 bits per heavy atom. The molecule has 0 unspecified atom stereocenters. The minimum absolute atomic E-state index is 0.338. The number of aliphatic hydroxyl groups is 1. The monoisotopic (exact) mass is 180 g/mol. The van der Waals surface area contributed by atoms with Gasteiger partial charge in [-0.25, -0.2) is 0 Å². The van der Waals surface area contributed by atoms with E-state index in [1.807, 2.05) is 0 Å². The van der Waals surface area contributed by atoms with Crippen molar-refractivity contribution < 1.29 is 5.11 Å². The lowest BCUT2D eigenvalue weighted by Gasteiger charge is -2.39. The third kappa shape index (κ3) is 1.96. The minimum Gasteiger partial charge on any atom is -0.389 e. The molecule has 13 heavy (non-hydrogen) atoms. The first-order chi connectivity index (χ1) is 6.31. The summed E-state index contributed by atoms with van der Waals surface area (Å²) in [6.07, 6.45) is 14.0. The molecule has 1 heteroatoms. The number of hydrogen-bond donors (Lipinski definition) is 1. The zero-order valence-electron chi connectivity index (χ0n) is 8.34. The van der Waals surface area contributed by atoms with E-state index in [2.05, 4.69) is 12.2 Å². The quantitative estimate of drug-likeness (QED) is 0.615. The molecule has 0 aliphatic heterocycles. The van der Waals surface area contributed by atoms with Crippen molar-refractivity contribution in [2.24, 2.45) is 5.92 Å². The third-order valence-corrected chi connectivity index (χ3v) is 3.66. The molecule has 0 saturated heterocycles. The Kier molecular flexibility index (Phi) is 2.73. The summed E-state index contributed by atoms with van der Waals surface area (Å²) < 4.78 is 0. The predicted octanol–water partition coefficient (Wildman–Crippen LogP) is 3.04. The average Bonchev–Trinajstić information content (AvgIpc) is 2.20. The topological polar surface area (TPSA) is 20.2 Å². The van der Waals surface area contributed by atoms with E-state index in [-0.39, 0.29) is 5.60 Å². The molecule has 0 aromatic carbocycles. The van der Waals surface area contributed by atoms with E-state index in [1.54, 1.807) is 0 Å². The number of allylic oxidation sites excluding steroid dienone is 1. The molecule has 1 N–H and O–H groups in total. The van der Waals surface area contributed by atoms with Crippen LogP contribution in [0.15, 0.2) is 12.2 Å². The van der Waals surface area contributed by atoms with Crippen LogP contribution < -0.4 is 0 Å². The average molecular weight is 180 g/mol. The van der Waals surface area contributed by atoms with Crippen LogP contribution in [0, 0.1) is 5.92 Å². The molecule has 1 nitrogen and oxygen atoms in total. The van der Waals surface area contributed by atoms with Gasteiger partial charge in [0.05, 0.1) is 5.60 Å². The van der Waals surface area contributed by atoms with Gasteiger partial charge in [-0.2, -0.15) is 0 Å². The first-order valence-corrected chi connectivity index (χ1v) is 5.70. The van der Waals surface area contributed by atoms with Gasteiger partial charge in [0.1, 0.15) is 0 Å². The summed E-state index contributed by atoms with van der Waals surface area (Å²) in [4.78, 5) is 0. The van der Waals surface area contributed by atoms with Crippen molar-refractivity contribution in [3.8, 4) is 0 Å². The third-order valence-electron chi connectivity index (χ3n) is 3.66. The number of hydrogen-bond acceptors (Lipinski definition) is 1. The lowest BCUT2D eigenvalue weighted by molar-refractivity contribution is -0.0372. The van der Waals surface area contributed by atoms with Gasteiger partial charge in [-0.05, 0) is 32.1 Å². The van der Waals surface area contributed by atoms with Crippen LogP contribution in [0.4, 0.5) is 0 Å². The minimum atomic E-state index is -0.338. The van der Waals surface area contributed by atoms with E-state index in [9.17, 15) is 5.11 Å². The predicted molar refractivity (Wildman–Crippen MR) is 54.5 cm³/mol. The second-order valence-corrected chi connectivity index (χ2v) is 4.63. The van der Waals surface area contributed by atoms with E-state index in [0.717, 1.165) is 12.8 Å². The summed E-state index contributed by atoms with van der Waals surface area (Å²) in [6, 6.07) is 0. The van der Waals surface area contributed by atoms with Crippen molar-refractivity contribution in [1.82, 2.24) is 0 Å². The molecular formula is C12H20O. The standard InChI is InChI=1S/C12H20O/c13-12(9-5-2-6-10-12)11-7-3-1-4-8-11/h3,7,11,13H,1-2,4-6,8-10H2/t11-/m1/s1. The van der Waals surface area contributed by atoms with Crippen LogP contribution in [0.3, 0.4) is 0 Å². The van der Waals surface area contributed by atoms with Crippen molar-refractivity contribution in [2.75, 3.05) is 0 Å². The van der Waals surface area contributed by atoms with Crippen molar-refractivity contribution in [3.63, 3.8) is 0 Å². The highest BCUT2D eigenvalue weighted by Crippen LogP contribution is 2.38. The van der Waals surface area contributed by atoms with E-state index in [0.29, 0.717) is 5.92 Å².